The van der Waals surface area contributed by atoms with Gasteiger partial charge >= 0.3 is 0 Å². The summed E-state index contributed by atoms with van der Waals surface area (Å²) in [5, 5.41) is 0. The Morgan fingerprint density at radius 1 is 1.43 bits per heavy atom. The number of para-hydroxylation sites is 2. The summed E-state index contributed by atoms with van der Waals surface area (Å²) in [4.78, 5) is 4.76. The topological polar surface area (TPSA) is 65.1 Å². The van der Waals surface area contributed by atoms with Crippen molar-refractivity contribution < 1.29 is 4.74 Å². The van der Waals surface area contributed by atoms with Crippen LogP contribution in [0.1, 0.15) is 25.1 Å². The van der Waals surface area contributed by atoms with Crippen LogP contribution >= 0.6 is 0 Å². The van der Waals surface area contributed by atoms with Crippen LogP contribution in [0.3, 0.4) is 0 Å². The lowest BCUT2D eigenvalue weighted by Crippen LogP contribution is -2.46. The lowest BCUT2D eigenvalue weighted by atomic mass is 9.83. The Balaban J connectivity index is 1.59. The van der Waals surface area contributed by atoms with E-state index in [1.807, 2.05) is 6.07 Å². The average molecular weight is 286 g/mol. The number of hydrogen-bond donors (Lipinski definition) is 2. The molecule has 0 aliphatic carbocycles. The molecule has 0 amide bonds. The van der Waals surface area contributed by atoms with Crippen LogP contribution in [-0.2, 0) is 18.2 Å². The number of nitrogens with one attached hydrogen (secondary N) is 1. The van der Waals surface area contributed by atoms with E-state index in [1.165, 1.54) is 18.4 Å². The van der Waals surface area contributed by atoms with Gasteiger partial charge in [-0.3, -0.25) is 11.3 Å². The zero-order valence-electron chi connectivity index (χ0n) is 12.3. The quantitative estimate of drug-likeness (QED) is 0.660. The molecule has 4 unspecified atom stereocenters. The monoisotopic (exact) mass is 286 g/mol. The first-order chi connectivity index (χ1) is 10.3. The summed E-state index contributed by atoms with van der Waals surface area (Å²) >= 11 is 0. The fourth-order valence-corrected chi connectivity index (χ4v) is 4.01. The largest absolute Gasteiger partial charge is 0.375 e. The highest BCUT2D eigenvalue weighted by Crippen LogP contribution is 2.40. The van der Waals surface area contributed by atoms with Crippen LogP contribution in [0, 0.1) is 5.92 Å². The van der Waals surface area contributed by atoms with Crippen molar-refractivity contribution in [3.8, 4) is 0 Å². The molecule has 2 aliphatic heterocycles. The fraction of sp³-hybridized carbons (Fsp3) is 0.562. The fourth-order valence-electron chi connectivity index (χ4n) is 4.01. The molecular weight excluding hydrogens is 264 g/mol. The number of ether oxygens (including phenoxy) is 1. The first-order valence-corrected chi connectivity index (χ1v) is 7.78. The average Bonchev–Trinajstić information content (AvgIpc) is 3.20. The molecule has 1 aromatic heterocycles. The van der Waals surface area contributed by atoms with E-state index in [9.17, 15) is 0 Å². The number of aromatic nitrogens is 2. The smallest absolute Gasteiger partial charge is 0.111 e. The lowest BCUT2D eigenvalue weighted by Gasteiger charge is -2.27. The third kappa shape index (κ3) is 2.16. The molecule has 2 saturated heterocycles. The second kappa shape index (κ2) is 5.09. The lowest BCUT2D eigenvalue weighted by molar-refractivity contribution is 0.0855. The van der Waals surface area contributed by atoms with Gasteiger partial charge in [0.05, 0.1) is 23.2 Å². The van der Waals surface area contributed by atoms with Gasteiger partial charge in [-0.05, 0) is 31.4 Å². The maximum Gasteiger partial charge on any atom is 0.111 e. The van der Waals surface area contributed by atoms with Gasteiger partial charge < -0.3 is 9.30 Å². The highest BCUT2D eigenvalue weighted by atomic mass is 16.5. The Bertz CT molecular complexity index is 653. The molecule has 0 spiro atoms. The minimum Gasteiger partial charge on any atom is -0.375 e. The van der Waals surface area contributed by atoms with Gasteiger partial charge in [-0.1, -0.05) is 12.1 Å². The van der Waals surface area contributed by atoms with Crippen molar-refractivity contribution in [1.82, 2.24) is 15.0 Å². The van der Waals surface area contributed by atoms with Crippen LogP contribution in [0.4, 0.5) is 0 Å². The van der Waals surface area contributed by atoms with Gasteiger partial charge in [0.2, 0.25) is 0 Å². The van der Waals surface area contributed by atoms with Crippen molar-refractivity contribution in [2.24, 2.45) is 18.8 Å². The Labute approximate surface area is 124 Å². The summed E-state index contributed by atoms with van der Waals surface area (Å²) in [5.74, 6) is 7.43. The van der Waals surface area contributed by atoms with Gasteiger partial charge in [0.1, 0.15) is 5.82 Å². The van der Waals surface area contributed by atoms with Gasteiger partial charge in [-0.15, -0.1) is 0 Å². The molecule has 2 aromatic rings. The van der Waals surface area contributed by atoms with Crippen LogP contribution in [0.15, 0.2) is 24.3 Å². The number of hydrogen-bond acceptors (Lipinski definition) is 4. The minimum absolute atomic E-state index is 0.232. The number of aryl methyl sites for hydroxylation is 1. The summed E-state index contributed by atoms with van der Waals surface area (Å²) in [5.41, 5.74) is 5.24. The Kier molecular flexibility index (Phi) is 3.21. The molecule has 2 bridgehead atoms. The molecule has 1 aromatic carbocycles. The SMILES string of the molecule is Cn1c(CC(NN)C2CC3CCC2O3)nc2ccccc21. The predicted octanol–water partition coefficient (Wildman–Crippen LogP) is 1.52. The van der Waals surface area contributed by atoms with E-state index in [4.69, 9.17) is 15.6 Å². The van der Waals surface area contributed by atoms with Crippen LogP contribution in [0.5, 0.6) is 0 Å². The second-order valence-electron chi connectivity index (χ2n) is 6.33. The molecule has 21 heavy (non-hydrogen) atoms. The maximum absolute atomic E-state index is 5.97. The van der Waals surface area contributed by atoms with E-state index in [1.54, 1.807) is 0 Å². The molecule has 0 saturated carbocycles. The molecule has 4 atom stereocenters. The number of fused-ring (bicyclic) bond motifs is 3. The molecule has 2 aliphatic rings. The normalized spacial score (nSPS) is 29.3. The van der Waals surface area contributed by atoms with Crippen LogP contribution in [0.2, 0.25) is 0 Å². The molecule has 2 fully saturated rings. The Hall–Kier alpha value is -1.43. The molecule has 5 heteroatoms. The zero-order valence-corrected chi connectivity index (χ0v) is 12.3. The van der Waals surface area contributed by atoms with E-state index in [2.05, 4.69) is 35.2 Å². The van der Waals surface area contributed by atoms with Gasteiger partial charge in [0.25, 0.3) is 0 Å². The first kappa shape index (κ1) is 13.2. The zero-order chi connectivity index (χ0) is 14.4. The van der Waals surface area contributed by atoms with Gasteiger partial charge in [0, 0.05) is 25.4 Å². The Morgan fingerprint density at radius 3 is 2.95 bits per heavy atom. The molecule has 0 radical (unpaired) electrons. The predicted molar refractivity (Wildman–Crippen MR) is 81.5 cm³/mol. The minimum atomic E-state index is 0.232. The van der Waals surface area contributed by atoms with Crippen molar-refractivity contribution in [3.63, 3.8) is 0 Å². The molecule has 3 heterocycles. The summed E-state index contributed by atoms with van der Waals surface area (Å²) in [6.45, 7) is 0. The van der Waals surface area contributed by atoms with Crippen LogP contribution in [-0.4, -0.2) is 27.8 Å². The first-order valence-electron chi connectivity index (χ1n) is 7.78. The number of imidazole rings is 1. The highest BCUT2D eigenvalue weighted by Gasteiger charge is 2.44. The van der Waals surface area contributed by atoms with Crippen molar-refractivity contribution in [2.75, 3.05) is 0 Å². The highest BCUT2D eigenvalue weighted by molar-refractivity contribution is 5.75. The van der Waals surface area contributed by atoms with Crippen molar-refractivity contribution in [2.45, 2.75) is 43.9 Å². The van der Waals surface area contributed by atoms with Crippen LogP contribution in [0.25, 0.3) is 11.0 Å². The second-order valence-corrected chi connectivity index (χ2v) is 6.33. The van der Waals surface area contributed by atoms with E-state index < -0.39 is 0 Å². The molecule has 4 rings (SSSR count). The van der Waals surface area contributed by atoms with E-state index in [-0.39, 0.29) is 6.04 Å². The number of rotatable bonds is 4. The molecule has 112 valence electrons. The van der Waals surface area contributed by atoms with Crippen molar-refractivity contribution >= 4 is 11.0 Å². The van der Waals surface area contributed by atoms with Gasteiger partial charge in [-0.2, -0.15) is 0 Å². The number of hydrazine groups is 1. The molecule has 3 N–H and O–H groups in total. The number of benzene rings is 1. The van der Waals surface area contributed by atoms with Crippen molar-refractivity contribution in [3.05, 3.63) is 30.1 Å². The summed E-state index contributed by atoms with van der Waals surface area (Å²) < 4.78 is 8.15. The van der Waals surface area contributed by atoms with Gasteiger partial charge in [-0.25, -0.2) is 4.98 Å². The van der Waals surface area contributed by atoms with Crippen molar-refractivity contribution in [1.29, 1.82) is 0 Å². The van der Waals surface area contributed by atoms with Gasteiger partial charge in [0.15, 0.2) is 0 Å². The third-order valence-electron chi connectivity index (χ3n) is 5.17. The number of nitrogens with zero attached hydrogens (tertiary/aromatic N) is 2. The van der Waals surface area contributed by atoms with E-state index in [0.717, 1.165) is 24.2 Å². The molecular formula is C16H22N4O. The van der Waals surface area contributed by atoms with E-state index >= 15 is 0 Å². The summed E-state index contributed by atoms with van der Waals surface area (Å²) in [6, 6.07) is 8.48. The number of nitrogens with two attached hydrogens (primary N) is 1. The van der Waals surface area contributed by atoms with E-state index in [0.29, 0.717) is 18.1 Å². The Morgan fingerprint density at radius 2 is 2.29 bits per heavy atom. The molecule has 5 nitrogen and oxygen atoms in total. The summed E-state index contributed by atoms with van der Waals surface area (Å²) in [7, 11) is 2.08. The van der Waals surface area contributed by atoms with Crippen LogP contribution < -0.4 is 11.3 Å². The standard InChI is InChI=1S/C16H22N4O/c1-20-14-5-3-2-4-12(14)18-16(20)9-13(19-17)11-8-10-6-7-15(11)21-10/h2-5,10-11,13,15,19H,6-9,17H2,1H3. The maximum atomic E-state index is 5.97. The third-order valence-corrected chi connectivity index (χ3v) is 5.17. The summed E-state index contributed by atoms with van der Waals surface area (Å²) in [6.07, 6.45) is 5.20.